The fourth-order valence-corrected chi connectivity index (χ4v) is 0.854. The standard InChI is InChI=1S/C8H9F2N3/c9-6-2-1-3-7(10)5(6)4-13-8(11)12/h1-3H,4H2,(H4,11,12,13). The molecule has 0 aromatic heterocycles. The maximum Gasteiger partial charge on any atom is 0.186 e. The minimum absolute atomic E-state index is 0.129. The van der Waals surface area contributed by atoms with Crippen molar-refractivity contribution in [2.75, 3.05) is 0 Å². The zero-order valence-corrected chi connectivity index (χ0v) is 6.80. The minimum atomic E-state index is -0.648. The largest absolute Gasteiger partial charge is 0.370 e. The van der Waals surface area contributed by atoms with Gasteiger partial charge < -0.3 is 11.5 Å². The van der Waals surface area contributed by atoms with Crippen molar-refractivity contribution < 1.29 is 8.78 Å². The van der Waals surface area contributed by atoms with Gasteiger partial charge in [-0.2, -0.15) is 0 Å². The first-order valence-electron chi connectivity index (χ1n) is 3.59. The molecule has 13 heavy (non-hydrogen) atoms. The lowest BCUT2D eigenvalue weighted by Crippen LogP contribution is -2.22. The van der Waals surface area contributed by atoms with E-state index in [9.17, 15) is 8.78 Å². The van der Waals surface area contributed by atoms with Gasteiger partial charge in [-0.25, -0.2) is 13.8 Å². The molecule has 1 aromatic carbocycles. The molecule has 0 atom stereocenters. The van der Waals surface area contributed by atoms with E-state index in [1.165, 1.54) is 6.07 Å². The molecule has 70 valence electrons. The van der Waals surface area contributed by atoms with Crippen LogP contribution >= 0.6 is 0 Å². The molecule has 1 rings (SSSR count). The molecule has 0 aliphatic carbocycles. The van der Waals surface area contributed by atoms with Crippen molar-refractivity contribution in [2.24, 2.45) is 16.5 Å². The van der Waals surface area contributed by atoms with Gasteiger partial charge in [-0.05, 0) is 12.1 Å². The number of hydrogen-bond donors (Lipinski definition) is 2. The van der Waals surface area contributed by atoms with Crippen molar-refractivity contribution >= 4 is 5.96 Å². The second-order valence-corrected chi connectivity index (χ2v) is 2.44. The van der Waals surface area contributed by atoms with Crippen molar-refractivity contribution in [1.29, 1.82) is 0 Å². The summed E-state index contributed by atoms with van der Waals surface area (Å²) in [7, 11) is 0. The number of rotatable bonds is 2. The van der Waals surface area contributed by atoms with Crippen molar-refractivity contribution in [1.82, 2.24) is 0 Å². The average Bonchev–Trinajstić information content (AvgIpc) is 2.03. The average molecular weight is 185 g/mol. The van der Waals surface area contributed by atoms with Gasteiger partial charge >= 0.3 is 0 Å². The number of hydrogen-bond acceptors (Lipinski definition) is 1. The summed E-state index contributed by atoms with van der Waals surface area (Å²) in [5.41, 5.74) is 9.92. The van der Waals surface area contributed by atoms with Crippen LogP contribution in [0.15, 0.2) is 23.2 Å². The molecule has 0 heterocycles. The third kappa shape index (κ3) is 2.40. The van der Waals surface area contributed by atoms with Crippen LogP contribution in [0, 0.1) is 11.6 Å². The molecule has 0 aliphatic heterocycles. The second-order valence-electron chi connectivity index (χ2n) is 2.44. The van der Waals surface area contributed by atoms with Gasteiger partial charge in [-0.1, -0.05) is 6.07 Å². The highest BCUT2D eigenvalue weighted by Crippen LogP contribution is 2.12. The van der Waals surface area contributed by atoms with Crippen molar-refractivity contribution in [3.05, 3.63) is 35.4 Å². The van der Waals surface area contributed by atoms with Gasteiger partial charge in [0, 0.05) is 5.56 Å². The lowest BCUT2D eigenvalue weighted by Gasteiger charge is -2.00. The minimum Gasteiger partial charge on any atom is -0.370 e. The molecule has 0 fully saturated rings. The van der Waals surface area contributed by atoms with E-state index in [1.54, 1.807) is 0 Å². The monoisotopic (exact) mass is 185 g/mol. The van der Waals surface area contributed by atoms with E-state index in [4.69, 9.17) is 11.5 Å². The molecule has 3 nitrogen and oxygen atoms in total. The predicted molar refractivity (Wildman–Crippen MR) is 45.9 cm³/mol. The van der Waals surface area contributed by atoms with Crippen LogP contribution in [0.1, 0.15) is 5.56 Å². The van der Waals surface area contributed by atoms with E-state index in [0.29, 0.717) is 0 Å². The first-order chi connectivity index (χ1) is 6.11. The van der Waals surface area contributed by atoms with Gasteiger partial charge in [-0.15, -0.1) is 0 Å². The molecule has 5 heteroatoms. The number of benzene rings is 1. The summed E-state index contributed by atoms with van der Waals surface area (Å²) in [6.07, 6.45) is 0. The molecule has 0 aliphatic rings. The van der Waals surface area contributed by atoms with Gasteiger partial charge in [0.15, 0.2) is 5.96 Å². The van der Waals surface area contributed by atoms with Gasteiger partial charge in [-0.3, -0.25) is 0 Å². The maximum atomic E-state index is 12.9. The molecule has 0 saturated heterocycles. The molecular formula is C8H9F2N3. The van der Waals surface area contributed by atoms with Crippen LogP contribution < -0.4 is 11.5 Å². The Morgan fingerprint density at radius 3 is 2.23 bits per heavy atom. The van der Waals surface area contributed by atoms with Crippen LogP contribution in [-0.4, -0.2) is 5.96 Å². The van der Waals surface area contributed by atoms with Gasteiger partial charge in [0.05, 0.1) is 6.54 Å². The van der Waals surface area contributed by atoms with Crippen LogP contribution in [0.2, 0.25) is 0 Å². The van der Waals surface area contributed by atoms with Crippen molar-refractivity contribution in [3.63, 3.8) is 0 Å². The topological polar surface area (TPSA) is 64.4 Å². The second kappa shape index (κ2) is 3.84. The summed E-state index contributed by atoms with van der Waals surface area (Å²) in [6, 6.07) is 3.59. The van der Waals surface area contributed by atoms with E-state index < -0.39 is 11.6 Å². The van der Waals surface area contributed by atoms with Gasteiger partial charge in [0.1, 0.15) is 11.6 Å². The van der Waals surface area contributed by atoms with Crippen LogP contribution in [0.4, 0.5) is 8.78 Å². The summed E-state index contributed by atoms with van der Waals surface area (Å²) in [5, 5.41) is 0. The molecule has 0 saturated carbocycles. The van der Waals surface area contributed by atoms with E-state index in [1.807, 2.05) is 0 Å². The zero-order chi connectivity index (χ0) is 9.84. The Bertz CT molecular complexity index is 312. The van der Waals surface area contributed by atoms with Gasteiger partial charge in [0.2, 0.25) is 0 Å². The first kappa shape index (κ1) is 9.44. The van der Waals surface area contributed by atoms with Crippen LogP contribution in [-0.2, 0) is 6.54 Å². The van der Waals surface area contributed by atoms with E-state index >= 15 is 0 Å². The highest BCUT2D eigenvalue weighted by Gasteiger charge is 2.06. The van der Waals surface area contributed by atoms with Crippen LogP contribution in [0.25, 0.3) is 0 Å². The molecule has 0 bridgehead atoms. The number of nitrogens with two attached hydrogens (primary N) is 2. The molecule has 1 aromatic rings. The van der Waals surface area contributed by atoms with Crippen LogP contribution in [0.5, 0.6) is 0 Å². The highest BCUT2D eigenvalue weighted by atomic mass is 19.1. The van der Waals surface area contributed by atoms with Crippen molar-refractivity contribution in [3.8, 4) is 0 Å². The lowest BCUT2D eigenvalue weighted by atomic mass is 10.2. The normalized spacial score (nSPS) is 9.69. The Balaban J connectivity index is 2.94. The summed E-state index contributed by atoms with van der Waals surface area (Å²) in [5.74, 6) is -1.49. The maximum absolute atomic E-state index is 12.9. The number of aliphatic imine (C=N–C) groups is 1. The smallest absolute Gasteiger partial charge is 0.186 e. The molecule has 0 spiro atoms. The third-order valence-electron chi connectivity index (χ3n) is 1.48. The molecule has 4 N–H and O–H groups in total. The number of nitrogens with zero attached hydrogens (tertiary/aromatic N) is 1. The zero-order valence-electron chi connectivity index (χ0n) is 6.80. The highest BCUT2D eigenvalue weighted by molar-refractivity contribution is 5.75. The summed E-state index contributed by atoms with van der Waals surface area (Å²) < 4.78 is 25.8. The fraction of sp³-hybridized carbons (Fsp3) is 0.125. The van der Waals surface area contributed by atoms with E-state index in [0.717, 1.165) is 12.1 Å². The Labute approximate surface area is 74.1 Å². The van der Waals surface area contributed by atoms with Crippen molar-refractivity contribution in [2.45, 2.75) is 6.54 Å². The fourth-order valence-electron chi connectivity index (χ4n) is 0.854. The summed E-state index contributed by atoms with van der Waals surface area (Å²) in [4.78, 5) is 3.51. The van der Waals surface area contributed by atoms with Gasteiger partial charge in [0.25, 0.3) is 0 Å². The lowest BCUT2D eigenvalue weighted by molar-refractivity contribution is 0.557. The van der Waals surface area contributed by atoms with E-state index in [2.05, 4.69) is 4.99 Å². The third-order valence-corrected chi connectivity index (χ3v) is 1.48. The Hall–Kier alpha value is -1.65. The predicted octanol–water partition coefficient (Wildman–Crippen LogP) is 0.738. The molecule has 0 amide bonds. The Kier molecular flexibility index (Phi) is 2.79. The first-order valence-corrected chi connectivity index (χ1v) is 3.59. The SMILES string of the molecule is NC(N)=NCc1c(F)cccc1F. The van der Waals surface area contributed by atoms with E-state index in [-0.39, 0.29) is 18.1 Å². The summed E-state index contributed by atoms with van der Waals surface area (Å²) in [6.45, 7) is -0.180. The summed E-state index contributed by atoms with van der Waals surface area (Å²) >= 11 is 0. The quantitative estimate of drug-likeness (QED) is 0.527. The molecular weight excluding hydrogens is 176 g/mol. The Morgan fingerprint density at radius 1 is 1.23 bits per heavy atom. The molecule has 0 radical (unpaired) electrons. The van der Waals surface area contributed by atoms with Crippen LogP contribution in [0.3, 0.4) is 0 Å². The molecule has 0 unspecified atom stereocenters. The number of halogens is 2. The number of guanidine groups is 1. The Morgan fingerprint density at radius 2 is 1.77 bits per heavy atom.